The van der Waals surface area contributed by atoms with Crippen molar-refractivity contribution in [1.29, 1.82) is 0 Å². The van der Waals surface area contributed by atoms with Gasteiger partial charge in [0.25, 0.3) is 0 Å². The minimum Gasteiger partial charge on any atom is -0.0870 e. The van der Waals surface area contributed by atoms with Crippen molar-refractivity contribution >= 4 is 0 Å². The zero-order chi connectivity index (χ0) is 12.9. The molecule has 1 fully saturated rings. The largest absolute Gasteiger partial charge is 0.0870 e. The van der Waals surface area contributed by atoms with Gasteiger partial charge in [-0.3, -0.25) is 0 Å². The summed E-state index contributed by atoms with van der Waals surface area (Å²) in [5.41, 5.74) is 5.77. The third kappa shape index (κ3) is 1.17. The summed E-state index contributed by atoms with van der Waals surface area (Å²) >= 11 is 0. The van der Waals surface area contributed by atoms with E-state index >= 15 is 0 Å². The quantitative estimate of drug-likeness (QED) is 0.590. The number of rotatable bonds is 3. The van der Waals surface area contributed by atoms with Crippen LogP contribution in [-0.4, -0.2) is 0 Å². The van der Waals surface area contributed by atoms with E-state index in [1.54, 1.807) is 11.1 Å². The van der Waals surface area contributed by atoms with Gasteiger partial charge in [-0.2, -0.15) is 0 Å². The van der Waals surface area contributed by atoms with Gasteiger partial charge in [-0.15, -0.1) is 0 Å². The first-order chi connectivity index (χ1) is 8.74. The fourth-order valence-electron chi connectivity index (χ4n) is 5.56. The van der Waals surface area contributed by atoms with Gasteiger partial charge in [0.15, 0.2) is 0 Å². The van der Waals surface area contributed by atoms with Gasteiger partial charge in [-0.05, 0) is 44.4 Å². The summed E-state index contributed by atoms with van der Waals surface area (Å²) in [6.45, 7) is 9.39. The molecule has 3 aliphatic carbocycles. The normalized spacial score (nSPS) is 43.3. The maximum Gasteiger partial charge on any atom is 0.0164 e. The highest BCUT2D eigenvalue weighted by atomic mass is 14.6. The molecule has 4 unspecified atom stereocenters. The molecule has 0 N–H and O–H groups in total. The molecule has 3 aliphatic rings. The Balaban J connectivity index is 2.25. The van der Waals surface area contributed by atoms with E-state index in [-0.39, 0.29) is 0 Å². The summed E-state index contributed by atoms with van der Waals surface area (Å²) in [7, 11) is 0. The summed E-state index contributed by atoms with van der Waals surface area (Å²) in [5, 5.41) is 0. The van der Waals surface area contributed by atoms with Crippen molar-refractivity contribution in [2.45, 2.75) is 53.4 Å². The zero-order valence-corrected chi connectivity index (χ0v) is 12.3. The van der Waals surface area contributed by atoms with Gasteiger partial charge < -0.3 is 0 Å². The Morgan fingerprint density at radius 1 is 1.22 bits per heavy atom. The maximum absolute atomic E-state index is 2.54. The lowest BCUT2D eigenvalue weighted by atomic mass is 9.69. The van der Waals surface area contributed by atoms with Crippen molar-refractivity contribution in [3.8, 4) is 0 Å². The molecule has 4 atom stereocenters. The molecule has 0 nitrogen and oxygen atoms in total. The van der Waals surface area contributed by atoms with E-state index in [0.29, 0.717) is 5.41 Å². The number of fused-ring (bicyclic) bond motifs is 1. The highest BCUT2D eigenvalue weighted by molar-refractivity contribution is 5.50. The van der Waals surface area contributed by atoms with Crippen molar-refractivity contribution in [1.82, 2.24) is 0 Å². The molecule has 0 radical (unpaired) electrons. The van der Waals surface area contributed by atoms with Crippen LogP contribution >= 0.6 is 0 Å². The lowest BCUT2D eigenvalue weighted by Crippen LogP contribution is -2.26. The molecule has 18 heavy (non-hydrogen) atoms. The molecule has 0 saturated heterocycles. The minimum atomic E-state index is 0.438. The predicted molar refractivity (Wildman–Crippen MR) is 78.3 cm³/mol. The van der Waals surface area contributed by atoms with E-state index in [9.17, 15) is 0 Å². The molecule has 0 amide bonds. The van der Waals surface area contributed by atoms with Gasteiger partial charge in [-0.25, -0.2) is 0 Å². The molecule has 0 spiro atoms. The smallest absolute Gasteiger partial charge is 0.0164 e. The van der Waals surface area contributed by atoms with Crippen molar-refractivity contribution in [2.75, 3.05) is 0 Å². The molecule has 0 aromatic carbocycles. The Labute approximate surface area is 112 Å². The molecule has 3 rings (SSSR count). The molecular weight excluding hydrogens is 216 g/mol. The van der Waals surface area contributed by atoms with Crippen LogP contribution in [0.5, 0.6) is 0 Å². The zero-order valence-electron chi connectivity index (χ0n) is 12.3. The molecule has 0 heteroatoms. The van der Waals surface area contributed by atoms with Crippen LogP contribution in [0.3, 0.4) is 0 Å². The number of hydrogen-bond acceptors (Lipinski definition) is 0. The average Bonchev–Trinajstić information content (AvgIpc) is 2.81. The van der Waals surface area contributed by atoms with Crippen LogP contribution in [0, 0.1) is 23.2 Å². The predicted octanol–water partition coefficient (Wildman–Crippen LogP) is 5.28. The van der Waals surface area contributed by atoms with Gasteiger partial charge in [0.1, 0.15) is 0 Å². The number of allylic oxidation sites excluding steroid dienone is 6. The summed E-state index contributed by atoms with van der Waals surface area (Å²) in [6, 6.07) is 0. The second kappa shape index (κ2) is 4.11. The second-order valence-electron chi connectivity index (χ2n) is 6.14. The van der Waals surface area contributed by atoms with E-state index in [4.69, 9.17) is 0 Å². The van der Waals surface area contributed by atoms with E-state index in [1.807, 2.05) is 5.57 Å². The second-order valence-corrected chi connectivity index (χ2v) is 6.14. The van der Waals surface area contributed by atoms with Crippen LogP contribution in [0.15, 0.2) is 34.9 Å². The Kier molecular flexibility index (Phi) is 2.80. The van der Waals surface area contributed by atoms with Crippen molar-refractivity contribution in [2.24, 2.45) is 23.2 Å². The van der Waals surface area contributed by atoms with Gasteiger partial charge in [0, 0.05) is 11.3 Å². The lowest BCUT2D eigenvalue weighted by molar-refractivity contribution is 0.274. The van der Waals surface area contributed by atoms with Crippen LogP contribution in [-0.2, 0) is 0 Å². The van der Waals surface area contributed by atoms with Gasteiger partial charge >= 0.3 is 0 Å². The third-order valence-electron chi connectivity index (χ3n) is 5.97. The van der Waals surface area contributed by atoms with Crippen molar-refractivity contribution in [3.05, 3.63) is 34.9 Å². The molecule has 0 heterocycles. The topological polar surface area (TPSA) is 0 Å². The summed E-state index contributed by atoms with van der Waals surface area (Å²) in [6.07, 6.45) is 12.7. The maximum atomic E-state index is 2.54. The Hall–Kier alpha value is -0.780. The lowest BCUT2D eigenvalue weighted by Gasteiger charge is -2.35. The molecule has 2 bridgehead atoms. The van der Waals surface area contributed by atoms with Crippen molar-refractivity contribution in [3.63, 3.8) is 0 Å². The first-order valence-corrected chi connectivity index (χ1v) is 7.81. The van der Waals surface area contributed by atoms with Crippen LogP contribution in [0.2, 0.25) is 0 Å². The van der Waals surface area contributed by atoms with Crippen LogP contribution in [0.25, 0.3) is 0 Å². The van der Waals surface area contributed by atoms with E-state index in [2.05, 4.69) is 45.9 Å². The highest BCUT2D eigenvalue weighted by Gasteiger charge is 2.59. The fraction of sp³-hybridized carbons (Fsp3) is 0.667. The minimum absolute atomic E-state index is 0.438. The molecule has 98 valence electrons. The molecule has 0 aromatic rings. The Morgan fingerprint density at radius 3 is 2.56 bits per heavy atom. The van der Waals surface area contributed by atoms with Crippen LogP contribution < -0.4 is 0 Å². The fourth-order valence-corrected chi connectivity index (χ4v) is 5.56. The van der Waals surface area contributed by atoms with Gasteiger partial charge in [-0.1, -0.05) is 55.7 Å². The Bertz CT molecular complexity index is 449. The first-order valence-electron chi connectivity index (χ1n) is 7.81. The van der Waals surface area contributed by atoms with E-state index < -0.39 is 0 Å². The van der Waals surface area contributed by atoms with Crippen molar-refractivity contribution < 1.29 is 0 Å². The summed E-state index contributed by atoms with van der Waals surface area (Å²) in [5.74, 6) is 2.39. The van der Waals surface area contributed by atoms with Crippen LogP contribution in [0.4, 0.5) is 0 Å². The summed E-state index contributed by atoms with van der Waals surface area (Å²) in [4.78, 5) is 0. The van der Waals surface area contributed by atoms with Gasteiger partial charge in [0.2, 0.25) is 0 Å². The standard InChI is InChI=1S/C18H26/c1-5-13-14-10-9-12-11-17(14)18(8-4,15(12)6-2)16(13)7-3/h6,9-10,12,14,17H,5,7-8,11H2,1-4H3/b15-6+. The first kappa shape index (κ1) is 12.3. The molecular formula is C18H26. The van der Waals surface area contributed by atoms with E-state index in [1.165, 1.54) is 25.7 Å². The molecule has 0 aromatic heterocycles. The summed E-state index contributed by atoms with van der Waals surface area (Å²) < 4.78 is 0. The monoisotopic (exact) mass is 242 g/mol. The Morgan fingerprint density at radius 2 is 2.00 bits per heavy atom. The SMILES string of the molecule is C/C=C1\C2C=CC3C(CC)=C(CC)C1(CC)C3C2. The van der Waals surface area contributed by atoms with E-state index in [0.717, 1.165) is 17.8 Å². The highest BCUT2D eigenvalue weighted by Crippen LogP contribution is 2.68. The average molecular weight is 242 g/mol. The van der Waals surface area contributed by atoms with Crippen LogP contribution in [0.1, 0.15) is 53.4 Å². The number of hydrogen-bond donors (Lipinski definition) is 0. The third-order valence-corrected chi connectivity index (χ3v) is 5.97. The molecule has 0 aliphatic heterocycles. The van der Waals surface area contributed by atoms with Gasteiger partial charge in [0.05, 0.1) is 0 Å². The molecule has 1 saturated carbocycles.